The summed E-state index contributed by atoms with van der Waals surface area (Å²) in [5.74, 6) is -0.815. The summed E-state index contributed by atoms with van der Waals surface area (Å²) in [6, 6.07) is 6.65. The van der Waals surface area contributed by atoms with Gasteiger partial charge in [-0.3, -0.25) is 0 Å². The number of nitrogens with one attached hydrogen (secondary N) is 1. The first kappa shape index (κ1) is 25.6. The van der Waals surface area contributed by atoms with Crippen LogP contribution >= 0.6 is 23.3 Å². The summed E-state index contributed by atoms with van der Waals surface area (Å²) in [6.07, 6.45) is -0.494. The number of likely N-dealkylation sites (tertiary alicyclic amines) is 1. The van der Waals surface area contributed by atoms with E-state index >= 15 is 0 Å². The number of anilines is 1. The fourth-order valence-corrected chi connectivity index (χ4v) is 4.01. The number of benzene rings is 1. The summed E-state index contributed by atoms with van der Waals surface area (Å²) in [5, 5.41) is 18.3. The van der Waals surface area contributed by atoms with Crippen LogP contribution in [-0.4, -0.2) is 35.3 Å². The van der Waals surface area contributed by atoms with Gasteiger partial charge in [-0.1, -0.05) is 20.3 Å². The molecule has 0 aliphatic carbocycles. The number of aliphatic hydroxyl groups excluding tert-OH is 1. The molecule has 0 saturated carbocycles. The third-order valence-electron chi connectivity index (χ3n) is 3.70. The lowest BCUT2D eigenvalue weighted by Gasteiger charge is -2.10. The van der Waals surface area contributed by atoms with E-state index in [4.69, 9.17) is 5.11 Å². The molecule has 3 rings (SSSR count). The smallest absolute Gasteiger partial charge is 0.419 e. The minimum Gasteiger partial charge on any atom is -0.507 e. The summed E-state index contributed by atoms with van der Waals surface area (Å²) < 4.78 is 41.1. The molecule has 29 heavy (non-hydrogen) atoms. The molecule has 0 atom stereocenters. The molecule has 0 unspecified atom stereocenters. The van der Waals surface area contributed by atoms with Gasteiger partial charge in [-0.25, -0.2) is 0 Å². The van der Waals surface area contributed by atoms with Gasteiger partial charge >= 0.3 is 6.18 Å². The first-order chi connectivity index (χ1) is 13.7. The molecule has 1 aliphatic rings. The number of halogens is 3. The van der Waals surface area contributed by atoms with Gasteiger partial charge in [0, 0.05) is 16.6 Å². The Balaban J connectivity index is 0.000000387. The Hall–Kier alpha value is -1.42. The number of nitrogens with zero attached hydrogens (tertiary/aromatic N) is 1. The summed E-state index contributed by atoms with van der Waals surface area (Å²) in [4.78, 5) is 3.16. The maximum Gasteiger partial charge on any atom is 0.419 e. The topological polar surface area (TPSA) is 55.7 Å². The Bertz CT molecular complexity index is 718. The van der Waals surface area contributed by atoms with E-state index in [1.54, 1.807) is 12.1 Å². The quantitative estimate of drug-likeness (QED) is 0.483. The van der Waals surface area contributed by atoms with Crippen LogP contribution in [-0.2, 0) is 12.8 Å². The number of thiophene rings is 1. The van der Waals surface area contributed by atoms with Crippen molar-refractivity contribution in [1.29, 1.82) is 0 Å². The zero-order valence-electron chi connectivity index (χ0n) is 16.9. The number of phenolic OH excluding ortho intramolecular Hbond substituents is 1. The molecule has 1 aromatic heterocycles. The standard InChI is InChI=1S/C12H10F3NO2S2.C5H11N.C3H8/c13-12(14,15)9-3-1-7(5-10(9)18)16-20-11-4-2-8(6-17)19-11;1-6-4-2-3-5-6;1-3-2/h1-5,16-18H,6H2;2-5H2,1H3;3H2,1-2H3. The van der Waals surface area contributed by atoms with Crippen molar-refractivity contribution < 1.29 is 23.4 Å². The van der Waals surface area contributed by atoms with Gasteiger partial charge in [-0.05, 0) is 69.2 Å². The molecule has 2 heterocycles. The number of phenols is 1. The van der Waals surface area contributed by atoms with Crippen molar-refractivity contribution >= 4 is 29.0 Å². The zero-order valence-corrected chi connectivity index (χ0v) is 18.6. The Morgan fingerprint density at radius 2 is 1.76 bits per heavy atom. The molecular weight excluding hydrogens is 421 g/mol. The minimum atomic E-state index is -4.57. The first-order valence-electron chi connectivity index (χ1n) is 9.42. The largest absolute Gasteiger partial charge is 0.507 e. The highest BCUT2D eigenvalue weighted by molar-refractivity contribution is 8.02. The Morgan fingerprint density at radius 3 is 2.17 bits per heavy atom. The summed E-state index contributed by atoms with van der Waals surface area (Å²) in [7, 11) is 2.17. The summed E-state index contributed by atoms with van der Waals surface area (Å²) in [5.41, 5.74) is -0.703. The van der Waals surface area contributed by atoms with E-state index < -0.39 is 17.5 Å². The molecule has 164 valence electrons. The van der Waals surface area contributed by atoms with Crippen molar-refractivity contribution in [3.05, 3.63) is 40.8 Å². The van der Waals surface area contributed by atoms with Crippen LogP contribution in [0.4, 0.5) is 18.9 Å². The van der Waals surface area contributed by atoms with Gasteiger partial charge < -0.3 is 19.8 Å². The van der Waals surface area contributed by atoms with Gasteiger partial charge in [-0.15, -0.1) is 11.3 Å². The van der Waals surface area contributed by atoms with Crippen LogP contribution in [0.25, 0.3) is 0 Å². The molecule has 2 aromatic rings. The average Bonchev–Trinajstić information content (AvgIpc) is 3.31. The number of aromatic hydroxyl groups is 1. The maximum atomic E-state index is 12.5. The Kier molecular flexibility index (Phi) is 11.5. The van der Waals surface area contributed by atoms with E-state index in [2.05, 4.69) is 30.5 Å². The van der Waals surface area contributed by atoms with Gasteiger partial charge in [0.25, 0.3) is 0 Å². The average molecular weight is 451 g/mol. The van der Waals surface area contributed by atoms with Crippen molar-refractivity contribution in [3.8, 4) is 5.75 Å². The van der Waals surface area contributed by atoms with Crippen LogP contribution in [0.15, 0.2) is 34.5 Å². The van der Waals surface area contributed by atoms with Crippen LogP contribution in [0.1, 0.15) is 43.6 Å². The zero-order chi connectivity index (χ0) is 21.9. The highest BCUT2D eigenvalue weighted by Crippen LogP contribution is 2.38. The third kappa shape index (κ3) is 9.75. The molecule has 0 radical (unpaired) electrons. The predicted octanol–water partition coefficient (Wildman–Crippen LogP) is 6.21. The van der Waals surface area contributed by atoms with Crippen LogP contribution < -0.4 is 4.72 Å². The second kappa shape index (κ2) is 13.0. The monoisotopic (exact) mass is 450 g/mol. The van der Waals surface area contributed by atoms with E-state index in [9.17, 15) is 18.3 Å². The molecule has 1 aromatic carbocycles. The Labute approximate surface area is 178 Å². The normalized spacial score (nSPS) is 13.9. The summed E-state index contributed by atoms with van der Waals surface area (Å²) in [6.45, 7) is 6.84. The number of alkyl halides is 3. The Morgan fingerprint density at radius 1 is 1.14 bits per heavy atom. The second-order valence-electron chi connectivity index (χ2n) is 6.53. The SMILES string of the molecule is CCC.CN1CCCC1.OCc1ccc(SNc2ccc(C(F)(F)F)c(O)c2)s1. The molecule has 9 heteroatoms. The molecule has 4 nitrogen and oxygen atoms in total. The lowest BCUT2D eigenvalue weighted by Crippen LogP contribution is -2.10. The molecule has 0 amide bonds. The van der Waals surface area contributed by atoms with Crippen molar-refractivity contribution in [2.75, 3.05) is 24.9 Å². The molecule has 0 spiro atoms. The highest BCUT2D eigenvalue weighted by atomic mass is 32.2. The summed E-state index contributed by atoms with van der Waals surface area (Å²) >= 11 is 2.57. The van der Waals surface area contributed by atoms with Gasteiger partial charge in [0.05, 0.1) is 16.4 Å². The van der Waals surface area contributed by atoms with E-state index in [0.29, 0.717) is 5.69 Å². The van der Waals surface area contributed by atoms with Crippen molar-refractivity contribution in [3.63, 3.8) is 0 Å². The molecule has 1 saturated heterocycles. The number of rotatable bonds is 4. The van der Waals surface area contributed by atoms with Crippen molar-refractivity contribution in [1.82, 2.24) is 4.90 Å². The number of hydrogen-bond donors (Lipinski definition) is 3. The molecule has 1 aliphatic heterocycles. The highest BCUT2D eigenvalue weighted by Gasteiger charge is 2.33. The van der Waals surface area contributed by atoms with E-state index in [1.165, 1.54) is 61.7 Å². The fraction of sp³-hybridized carbons (Fsp3) is 0.500. The van der Waals surface area contributed by atoms with Gasteiger partial charge in [-0.2, -0.15) is 13.2 Å². The lowest BCUT2D eigenvalue weighted by atomic mass is 10.2. The fourth-order valence-electron chi connectivity index (χ4n) is 2.32. The van der Waals surface area contributed by atoms with E-state index in [0.717, 1.165) is 21.2 Å². The third-order valence-corrected chi connectivity index (χ3v) is 5.73. The van der Waals surface area contributed by atoms with Crippen molar-refractivity contribution in [2.45, 2.75) is 50.1 Å². The van der Waals surface area contributed by atoms with Crippen LogP contribution in [0.3, 0.4) is 0 Å². The predicted molar refractivity (Wildman–Crippen MR) is 116 cm³/mol. The molecule has 3 N–H and O–H groups in total. The van der Waals surface area contributed by atoms with Gasteiger partial charge in [0.15, 0.2) is 0 Å². The minimum absolute atomic E-state index is 0.0493. The van der Waals surface area contributed by atoms with Gasteiger partial charge in [0.2, 0.25) is 0 Å². The first-order valence-corrected chi connectivity index (χ1v) is 11.1. The van der Waals surface area contributed by atoms with Crippen LogP contribution in [0.5, 0.6) is 5.75 Å². The van der Waals surface area contributed by atoms with Crippen molar-refractivity contribution in [2.24, 2.45) is 0 Å². The molecular formula is C20H29F3N2O2S2. The molecule has 0 bridgehead atoms. The van der Waals surface area contributed by atoms with Crippen LogP contribution in [0.2, 0.25) is 0 Å². The van der Waals surface area contributed by atoms with E-state index in [1.807, 2.05) is 0 Å². The van der Waals surface area contributed by atoms with Gasteiger partial charge in [0.1, 0.15) is 5.75 Å². The number of aliphatic hydroxyl groups is 1. The second-order valence-corrected chi connectivity index (χ2v) is 8.80. The maximum absolute atomic E-state index is 12.5. The van der Waals surface area contributed by atoms with Crippen LogP contribution in [0, 0.1) is 0 Å². The van der Waals surface area contributed by atoms with E-state index in [-0.39, 0.29) is 6.61 Å². The lowest BCUT2D eigenvalue weighted by molar-refractivity contribution is -0.138. The molecule has 1 fully saturated rings. The number of hydrogen-bond acceptors (Lipinski definition) is 6.